The van der Waals surface area contributed by atoms with E-state index >= 15 is 0 Å². The van der Waals surface area contributed by atoms with Gasteiger partial charge in [0.25, 0.3) is 0 Å². The number of nitrogens with zero attached hydrogens (tertiary/aromatic N) is 2. The number of rotatable bonds is 7. The molecule has 1 fully saturated rings. The molecular formula is C17H24N4O5. The summed E-state index contributed by atoms with van der Waals surface area (Å²) in [5.74, 6) is 0.185. The lowest BCUT2D eigenvalue weighted by molar-refractivity contribution is -0.139. The topological polar surface area (TPSA) is 100 Å². The van der Waals surface area contributed by atoms with Crippen molar-refractivity contribution >= 4 is 23.5 Å². The molecule has 9 nitrogen and oxygen atoms in total. The van der Waals surface area contributed by atoms with E-state index < -0.39 is 0 Å². The van der Waals surface area contributed by atoms with Gasteiger partial charge in [0.2, 0.25) is 11.8 Å². The van der Waals surface area contributed by atoms with Gasteiger partial charge in [0.15, 0.2) is 0 Å². The van der Waals surface area contributed by atoms with E-state index in [1.54, 1.807) is 38.5 Å². The molecule has 0 spiro atoms. The Balaban J connectivity index is 1.80. The fourth-order valence-electron chi connectivity index (χ4n) is 2.45. The Labute approximate surface area is 152 Å². The number of hydrogen-bond donors (Lipinski definition) is 2. The van der Waals surface area contributed by atoms with Crippen molar-refractivity contribution in [3.05, 3.63) is 24.3 Å². The molecule has 1 aliphatic rings. The maximum atomic E-state index is 12.3. The summed E-state index contributed by atoms with van der Waals surface area (Å²) in [6, 6.07) is 6.56. The normalized spacial score (nSPS) is 14.2. The first-order chi connectivity index (χ1) is 12.5. The fourth-order valence-corrected chi connectivity index (χ4v) is 2.45. The van der Waals surface area contributed by atoms with Gasteiger partial charge in [-0.25, -0.2) is 4.79 Å². The van der Waals surface area contributed by atoms with Crippen molar-refractivity contribution in [2.45, 2.75) is 0 Å². The van der Waals surface area contributed by atoms with Crippen molar-refractivity contribution in [1.82, 2.24) is 15.1 Å². The van der Waals surface area contributed by atoms with Gasteiger partial charge in [-0.15, -0.1) is 0 Å². The molecule has 0 atom stereocenters. The Bertz CT molecular complexity index is 635. The second-order valence-corrected chi connectivity index (χ2v) is 5.74. The van der Waals surface area contributed by atoms with Crippen molar-refractivity contribution in [3.8, 4) is 5.75 Å². The highest BCUT2D eigenvalue weighted by molar-refractivity contribution is 5.94. The Morgan fingerprint density at radius 2 is 1.88 bits per heavy atom. The van der Waals surface area contributed by atoms with Crippen LogP contribution in [0, 0.1) is 0 Å². The van der Waals surface area contributed by atoms with Crippen LogP contribution >= 0.6 is 0 Å². The summed E-state index contributed by atoms with van der Waals surface area (Å²) in [6.07, 6.45) is 0. The van der Waals surface area contributed by atoms with Crippen molar-refractivity contribution in [1.29, 1.82) is 0 Å². The van der Waals surface area contributed by atoms with E-state index in [-0.39, 0.29) is 30.9 Å². The van der Waals surface area contributed by atoms with E-state index in [0.717, 1.165) is 0 Å². The zero-order chi connectivity index (χ0) is 18.9. The number of nitrogens with one attached hydrogen (secondary N) is 2. The molecule has 1 aliphatic heterocycles. The average Bonchev–Trinajstić information content (AvgIpc) is 2.64. The Hall–Kier alpha value is -2.81. The van der Waals surface area contributed by atoms with E-state index in [1.807, 2.05) is 0 Å². The van der Waals surface area contributed by atoms with Crippen LogP contribution in [-0.4, -0.2) is 81.2 Å². The van der Waals surface area contributed by atoms with E-state index in [2.05, 4.69) is 10.6 Å². The lowest BCUT2D eigenvalue weighted by Gasteiger charge is -2.33. The quantitative estimate of drug-likeness (QED) is 0.670. The summed E-state index contributed by atoms with van der Waals surface area (Å²) in [5, 5.41) is 5.41. The predicted octanol–water partition coefficient (Wildman–Crippen LogP) is 0.134. The van der Waals surface area contributed by atoms with E-state index in [0.29, 0.717) is 37.7 Å². The number of ether oxygens (including phenoxy) is 2. The molecule has 0 bridgehead atoms. The smallest absolute Gasteiger partial charge is 0.322 e. The monoisotopic (exact) mass is 364 g/mol. The summed E-state index contributed by atoms with van der Waals surface area (Å²) < 4.78 is 9.92. The highest BCUT2D eigenvalue weighted by Crippen LogP contribution is 2.16. The number of urea groups is 1. The number of carbonyl (C=O) groups excluding carboxylic acids is 3. The molecule has 1 heterocycles. The van der Waals surface area contributed by atoms with E-state index in [9.17, 15) is 14.4 Å². The fraction of sp³-hybridized carbons (Fsp3) is 0.471. The van der Waals surface area contributed by atoms with Gasteiger partial charge in [-0.2, -0.15) is 0 Å². The van der Waals surface area contributed by atoms with E-state index in [4.69, 9.17) is 9.47 Å². The first-order valence-electron chi connectivity index (χ1n) is 8.27. The average molecular weight is 364 g/mol. The minimum Gasteiger partial charge on any atom is -0.497 e. The van der Waals surface area contributed by atoms with E-state index in [1.165, 1.54) is 9.80 Å². The first-order valence-corrected chi connectivity index (χ1v) is 8.27. The van der Waals surface area contributed by atoms with Crippen LogP contribution in [0.4, 0.5) is 10.5 Å². The summed E-state index contributed by atoms with van der Waals surface area (Å²) >= 11 is 0. The summed E-state index contributed by atoms with van der Waals surface area (Å²) in [4.78, 5) is 39.1. The molecule has 1 aromatic carbocycles. The van der Waals surface area contributed by atoms with Gasteiger partial charge in [-0.05, 0) is 24.3 Å². The van der Waals surface area contributed by atoms with Gasteiger partial charge in [-0.3, -0.25) is 9.59 Å². The molecule has 2 rings (SSSR count). The zero-order valence-corrected chi connectivity index (χ0v) is 15.0. The molecule has 0 aliphatic carbocycles. The van der Waals surface area contributed by atoms with Crippen LogP contribution in [0.5, 0.6) is 5.75 Å². The van der Waals surface area contributed by atoms with Crippen LogP contribution < -0.4 is 15.4 Å². The Morgan fingerprint density at radius 3 is 2.50 bits per heavy atom. The molecule has 2 N–H and O–H groups in total. The number of carbonyl (C=O) groups is 3. The molecule has 0 radical (unpaired) electrons. The van der Waals surface area contributed by atoms with Gasteiger partial charge in [0.05, 0.1) is 20.3 Å². The van der Waals surface area contributed by atoms with Gasteiger partial charge < -0.3 is 29.9 Å². The van der Waals surface area contributed by atoms with Crippen molar-refractivity contribution in [3.63, 3.8) is 0 Å². The van der Waals surface area contributed by atoms with Crippen LogP contribution in [0.15, 0.2) is 24.3 Å². The maximum Gasteiger partial charge on any atom is 0.322 e. The second-order valence-electron chi connectivity index (χ2n) is 5.74. The predicted molar refractivity (Wildman–Crippen MR) is 95.1 cm³/mol. The first kappa shape index (κ1) is 19.5. The number of piperazine rings is 1. The number of hydrogen-bond acceptors (Lipinski definition) is 5. The SMILES string of the molecule is COCCNC(=O)CN1CCN(C(=O)Nc2ccc(OC)cc2)CC1=O. The van der Waals surface area contributed by atoms with Crippen LogP contribution in [0.25, 0.3) is 0 Å². The third-order valence-electron chi connectivity index (χ3n) is 3.91. The lowest BCUT2D eigenvalue weighted by atomic mass is 10.3. The Morgan fingerprint density at radius 1 is 1.15 bits per heavy atom. The summed E-state index contributed by atoms with van der Waals surface area (Å²) in [5.41, 5.74) is 0.614. The van der Waals surface area contributed by atoms with Crippen molar-refractivity contribution in [2.75, 3.05) is 58.9 Å². The molecule has 0 unspecified atom stereocenters. The zero-order valence-electron chi connectivity index (χ0n) is 15.0. The van der Waals surface area contributed by atoms with Crippen LogP contribution in [0.1, 0.15) is 0 Å². The maximum absolute atomic E-state index is 12.3. The lowest BCUT2D eigenvalue weighted by Crippen LogP contribution is -2.55. The molecule has 0 saturated carbocycles. The van der Waals surface area contributed by atoms with Crippen LogP contribution in [0.3, 0.4) is 0 Å². The third-order valence-corrected chi connectivity index (χ3v) is 3.91. The molecule has 26 heavy (non-hydrogen) atoms. The number of anilines is 1. The van der Waals surface area contributed by atoms with Crippen molar-refractivity contribution in [2.24, 2.45) is 0 Å². The molecule has 142 valence electrons. The van der Waals surface area contributed by atoms with Gasteiger partial charge in [0.1, 0.15) is 12.3 Å². The molecule has 1 aromatic rings. The Kier molecular flexibility index (Phi) is 7.22. The number of amides is 4. The molecule has 4 amide bonds. The number of benzene rings is 1. The minimum absolute atomic E-state index is 0.0174. The summed E-state index contributed by atoms with van der Waals surface area (Å²) in [7, 11) is 3.11. The van der Waals surface area contributed by atoms with Crippen molar-refractivity contribution < 1.29 is 23.9 Å². The third kappa shape index (κ3) is 5.62. The minimum atomic E-state index is -0.354. The van der Waals surface area contributed by atoms with Gasteiger partial charge in [-0.1, -0.05) is 0 Å². The molecule has 0 aromatic heterocycles. The highest BCUT2D eigenvalue weighted by atomic mass is 16.5. The standard InChI is InChI=1S/C17H24N4O5/c1-25-10-7-18-15(22)11-20-8-9-21(12-16(20)23)17(24)19-13-3-5-14(26-2)6-4-13/h3-6H,7-12H2,1-2H3,(H,18,22)(H,19,24). The van der Waals surface area contributed by atoms with Crippen LogP contribution in [-0.2, 0) is 14.3 Å². The summed E-state index contributed by atoms with van der Waals surface area (Å²) in [6.45, 7) is 1.40. The molecule has 9 heteroatoms. The van der Waals surface area contributed by atoms with Gasteiger partial charge in [0, 0.05) is 32.4 Å². The highest BCUT2D eigenvalue weighted by Gasteiger charge is 2.28. The van der Waals surface area contributed by atoms with Gasteiger partial charge >= 0.3 is 6.03 Å². The molecular weight excluding hydrogens is 340 g/mol. The number of methoxy groups -OCH3 is 2. The molecule has 1 saturated heterocycles. The second kappa shape index (κ2) is 9.62. The van der Waals surface area contributed by atoms with Crippen LogP contribution in [0.2, 0.25) is 0 Å². The largest absolute Gasteiger partial charge is 0.497 e.